The molecule has 0 heterocycles. The molecule has 0 bridgehead atoms. The second-order valence-corrected chi connectivity index (χ2v) is 7.15. The van der Waals surface area contributed by atoms with E-state index in [1.54, 1.807) is 0 Å². The predicted octanol–water partition coefficient (Wildman–Crippen LogP) is 1.95. The number of aliphatic hydroxyl groups is 1. The summed E-state index contributed by atoms with van der Waals surface area (Å²) in [5.41, 5.74) is 4.79. The highest BCUT2D eigenvalue weighted by Crippen LogP contribution is 2.36. The Hall–Kier alpha value is -0.610. The van der Waals surface area contributed by atoms with Gasteiger partial charge in [-0.2, -0.15) is 0 Å². The van der Waals surface area contributed by atoms with Crippen LogP contribution in [0.5, 0.6) is 0 Å². The smallest absolute Gasteiger partial charge is 0.227 e. The Morgan fingerprint density at radius 1 is 1.25 bits per heavy atom. The number of amides is 1. The summed E-state index contributed by atoms with van der Waals surface area (Å²) in [6, 6.07) is 0. The Balaban J connectivity index is 1.90. The van der Waals surface area contributed by atoms with Gasteiger partial charge in [-0.1, -0.05) is 39.0 Å². The molecule has 0 spiro atoms. The van der Waals surface area contributed by atoms with Gasteiger partial charge < -0.3 is 16.2 Å². The minimum atomic E-state index is -0.711. The van der Waals surface area contributed by atoms with E-state index >= 15 is 0 Å². The Morgan fingerprint density at radius 3 is 2.55 bits per heavy atom. The van der Waals surface area contributed by atoms with Crippen LogP contribution in [0.1, 0.15) is 64.7 Å². The molecule has 4 heteroatoms. The van der Waals surface area contributed by atoms with Gasteiger partial charge in [0.05, 0.1) is 11.0 Å². The fourth-order valence-electron chi connectivity index (χ4n) is 3.98. The topological polar surface area (TPSA) is 75.3 Å². The first-order valence-electron chi connectivity index (χ1n) is 8.20. The molecule has 2 unspecified atom stereocenters. The van der Waals surface area contributed by atoms with E-state index in [4.69, 9.17) is 5.73 Å². The van der Waals surface area contributed by atoms with E-state index in [1.807, 2.05) is 0 Å². The summed E-state index contributed by atoms with van der Waals surface area (Å²) >= 11 is 0. The van der Waals surface area contributed by atoms with Crippen LogP contribution >= 0.6 is 0 Å². The maximum atomic E-state index is 12.5. The van der Waals surface area contributed by atoms with Crippen LogP contribution < -0.4 is 11.1 Å². The van der Waals surface area contributed by atoms with Crippen LogP contribution in [0.4, 0.5) is 0 Å². The van der Waals surface area contributed by atoms with Gasteiger partial charge in [-0.25, -0.2) is 0 Å². The third-order valence-electron chi connectivity index (χ3n) is 5.33. The molecule has 0 aromatic carbocycles. The van der Waals surface area contributed by atoms with E-state index in [-0.39, 0.29) is 11.3 Å². The van der Waals surface area contributed by atoms with Gasteiger partial charge in [0.1, 0.15) is 0 Å². The van der Waals surface area contributed by atoms with Crippen molar-refractivity contribution in [1.82, 2.24) is 5.32 Å². The Bertz CT molecular complexity index is 339. The number of carbonyl (C=O) groups excluding carboxylic acids is 1. The van der Waals surface area contributed by atoms with Gasteiger partial charge in [-0.05, 0) is 31.6 Å². The van der Waals surface area contributed by atoms with Crippen molar-refractivity contribution in [3.8, 4) is 0 Å². The molecular weight excluding hydrogens is 252 g/mol. The summed E-state index contributed by atoms with van der Waals surface area (Å²) in [5.74, 6) is 0.607. The zero-order valence-corrected chi connectivity index (χ0v) is 12.8. The van der Waals surface area contributed by atoms with Gasteiger partial charge in [0.2, 0.25) is 5.91 Å². The molecule has 2 aliphatic carbocycles. The molecule has 0 aromatic rings. The molecule has 0 aromatic heterocycles. The van der Waals surface area contributed by atoms with E-state index in [9.17, 15) is 9.90 Å². The van der Waals surface area contributed by atoms with E-state index in [2.05, 4.69) is 12.2 Å². The van der Waals surface area contributed by atoms with E-state index in [1.165, 1.54) is 12.8 Å². The molecular formula is C16H30N2O2. The van der Waals surface area contributed by atoms with Crippen molar-refractivity contribution in [3.05, 3.63) is 0 Å². The fourth-order valence-corrected chi connectivity index (χ4v) is 3.98. The van der Waals surface area contributed by atoms with Crippen molar-refractivity contribution >= 4 is 5.91 Å². The summed E-state index contributed by atoms with van der Waals surface area (Å²) in [6.07, 6.45) is 9.00. The first-order valence-corrected chi connectivity index (χ1v) is 8.20. The molecule has 2 fully saturated rings. The molecule has 116 valence electrons. The number of hydrogen-bond donors (Lipinski definition) is 3. The molecule has 4 nitrogen and oxygen atoms in total. The minimum Gasteiger partial charge on any atom is -0.388 e. The molecule has 2 atom stereocenters. The highest BCUT2D eigenvalue weighted by Gasteiger charge is 2.40. The lowest BCUT2D eigenvalue weighted by molar-refractivity contribution is -0.134. The van der Waals surface area contributed by atoms with Gasteiger partial charge in [0.15, 0.2) is 0 Å². The number of hydrogen-bond acceptors (Lipinski definition) is 3. The van der Waals surface area contributed by atoms with E-state index < -0.39 is 5.60 Å². The predicted molar refractivity (Wildman–Crippen MR) is 80.2 cm³/mol. The Kier molecular flexibility index (Phi) is 5.08. The molecule has 0 radical (unpaired) electrons. The Morgan fingerprint density at radius 2 is 1.95 bits per heavy atom. The van der Waals surface area contributed by atoms with Crippen molar-refractivity contribution in [1.29, 1.82) is 0 Å². The van der Waals surface area contributed by atoms with Gasteiger partial charge in [-0.15, -0.1) is 0 Å². The molecule has 2 aliphatic rings. The van der Waals surface area contributed by atoms with Crippen LogP contribution in [0.3, 0.4) is 0 Å². The molecule has 1 amide bonds. The largest absolute Gasteiger partial charge is 0.388 e. The molecule has 0 saturated heterocycles. The quantitative estimate of drug-likeness (QED) is 0.738. The van der Waals surface area contributed by atoms with Crippen LogP contribution in [-0.4, -0.2) is 29.7 Å². The van der Waals surface area contributed by atoms with Crippen molar-refractivity contribution in [2.45, 2.75) is 70.3 Å². The minimum absolute atomic E-state index is 0.0614. The lowest BCUT2D eigenvalue weighted by atomic mass is 9.73. The van der Waals surface area contributed by atoms with Gasteiger partial charge >= 0.3 is 0 Å². The number of nitrogens with one attached hydrogen (secondary N) is 1. The molecule has 0 aliphatic heterocycles. The van der Waals surface area contributed by atoms with E-state index in [0.29, 0.717) is 19.0 Å². The standard InChI is InChI=1S/C16H30N2O2/c1-13-6-5-9-16(20,10-13)12-18-14(19)15(11-17)7-3-2-4-8-15/h13,20H,2-12,17H2,1H3,(H,18,19). The van der Waals surface area contributed by atoms with Crippen molar-refractivity contribution in [2.24, 2.45) is 17.1 Å². The summed E-state index contributed by atoms with van der Waals surface area (Å²) in [6.45, 7) is 2.99. The van der Waals surface area contributed by atoms with E-state index in [0.717, 1.165) is 44.9 Å². The third kappa shape index (κ3) is 3.53. The normalized spacial score (nSPS) is 33.6. The third-order valence-corrected chi connectivity index (χ3v) is 5.33. The zero-order valence-electron chi connectivity index (χ0n) is 12.8. The van der Waals surface area contributed by atoms with Crippen molar-refractivity contribution < 1.29 is 9.90 Å². The van der Waals surface area contributed by atoms with Gasteiger partial charge in [0, 0.05) is 13.1 Å². The average Bonchev–Trinajstić information content (AvgIpc) is 2.45. The second-order valence-electron chi connectivity index (χ2n) is 7.15. The molecule has 2 saturated carbocycles. The first-order chi connectivity index (χ1) is 9.50. The number of rotatable bonds is 4. The average molecular weight is 282 g/mol. The zero-order chi connectivity index (χ0) is 14.6. The van der Waals surface area contributed by atoms with Crippen LogP contribution in [0.15, 0.2) is 0 Å². The fraction of sp³-hybridized carbons (Fsp3) is 0.938. The van der Waals surface area contributed by atoms with Gasteiger partial charge in [-0.3, -0.25) is 4.79 Å². The van der Waals surface area contributed by atoms with Gasteiger partial charge in [0.25, 0.3) is 0 Å². The monoisotopic (exact) mass is 282 g/mol. The summed E-state index contributed by atoms with van der Waals surface area (Å²) < 4.78 is 0. The summed E-state index contributed by atoms with van der Waals surface area (Å²) in [5, 5.41) is 13.6. The maximum absolute atomic E-state index is 12.5. The molecule has 4 N–H and O–H groups in total. The van der Waals surface area contributed by atoms with Crippen molar-refractivity contribution in [3.63, 3.8) is 0 Å². The molecule has 2 rings (SSSR count). The van der Waals surface area contributed by atoms with Crippen LogP contribution in [0.25, 0.3) is 0 Å². The summed E-state index contributed by atoms with van der Waals surface area (Å²) in [4.78, 5) is 12.5. The highest BCUT2D eigenvalue weighted by molar-refractivity contribution is 5.83. The van der Waals surface area contributed by atoms with Crippen LogP contribution in [0, 0.1) is 11.3 Å². The lowest BCUT2D eigenvalue weighted by Crippen LogP contribution is -2.52. The molecule has 20 heavy (non-hydrogen) atoms. The van der Waals surface area contributed by atoms with Crippen LogP contribution in [0.2, 0.25) is 0 Å². The second kappa shape index (κ2) is 6.44. The van der Waals surface area contributed by atoms with Crippen LogP contribution in [-0.2, 0) is 4.79 Å². The lowest BCUT2D eigenvalue weighted by Gasteiger charge is -2.38. The SMILES string of the molecule is CC1CCCC(O)(CNC(=O)C2(CN)CCCCC2)C1. The van der Waals surface area contributed by atoms with Crippen molar-refractivity contribution in [2.75, 3.05) is 13.1 Å². The highest BCUT2D eigenvalue weighted by atomic mass is 16.3. The number of carbonyl (C=O) groups is 1. The first kappa shape index (κ1) is 15.8. The summed E-state index contributed by atoms with van der Waals surface area (Å²) in [7, 11) is 0. The maximum Gasteiger partial charge on any atom is 0.227 e. The number of nitrogens with two attached hydrogens (primary N) is 1. The Labute approximate surface area is 122 Å².